The fraction of sp³-hybridized carbons (Fsp3) is 0.278. The van der Waals surface area contributed by atoms with Gasteiger partial charge in [0, 0.05) is 24.2 Å². The molecule has 2 aromatic heterocycles. The first kappa shape index (κ1) is 16.8. The van der Waals surface area contributed by atoms with Crippen molar-refractivity contribution in [3.63, 3.8) is 0 Å². The Morgan fingerprint density at radius 2 is 2.12 bits per heavy atom. The molecule has 0 aliphatic carbocycles. The van der Waals surface area contributed by atoms with E-state index < -0.39 is 6.10 Å². The lowest BCUT2D eigenvalue weighted by Crippen LogP contribution is -2.34. The van der Waals surface area contributed by atoms with Crippen LogP contribution in [0.15, 0.2) is 36.8 Å². The highest BCUT2D eigenvalue weighted by Gasteiger charge is 2.23. The predicted octanol–water partition coefficient (Wildman–Crippen LogP) is 3.11. The molecule has 7 heteroatoms. The standard InChI is InChI=1S/C15H13N5O2.C3H8/c1-8-15(21)19-10-6-9(2-3-12(10)22-8)11-7-20-5-4-17-14(20)13(16)18-11;1-3-2/h2-8H,1H3,(H2,16,18)(H,19,21);3H2,1-2H3. The minimum atomic E-state index is -0.491. The van der Waals surface area contributed by atoms with Gasteiger partial charge in [0.25, 0.3) is 5.91 Å². The van der Waals surface area contributed by atoms with Crippen LogP contribution in [-0.2, 0) is 4.79 Å². The lowest BCUT2D eigenvalue weighted by molar-refractivity contribution is -0.122. The fourth-order valence-electron chi connectivity index (χ4n) is 2.46. The van der Waals surface area contributed by atoms with Gasteiger partial charge in [0.05, 0.1) is 11.4 Å². The zero-order valence-electron chi connectivity index (χ0n) is 14.5. The number of anilines is 2. The average molecular weight is 339 g/mol. The number of nitrogens with zero attached hydrogens (tertiary/aromatic N) is 3. The van der Waals surface area contributed by atoms with Gasteiger partial charge >= 0.3 is 0 Å². The summed E-state index contributed by atoms with van der Waals surface area (Å²) in [5.41, 5.74) is 8.70. The molecule has 1 aromatic carbocycles. The number of nitrogens with one attached hydrogen (secondary N) is 1. The molecule has 3 heterocycles. The highest BCUT2D eigenvalue weighted by atomic mass is 16.5. The minimum absolute atomic E-state index is 0.165. The number of ether oxygens (including phenoxy) is 1. The summed E-state index contributed by atoms with van der Waals surface area (Å²) in [6.45, 7) is 5.96. The van der Waals surface area contributed by atoms with Gasteiger partial charge in [-0.2, -0.15) is 0 Å². The van der Waals surface area contributed by atoms with E-state index in [9.17, 15) is 4.79 Å². The van der Waals surface area contributed by atoms with Crippen molar-refractivity contribution in [1.82, 2.24) is 14.4 Å². The van der Waals surface area contributed by atoms with E-state index >= 15 is 0 Å². The Morgan fingerprint density at radius 1 is 1.36 bits per heavy atom. The molecule has 1 atom stereocenters. The number of aromatic nitrogens is 3. The number of rotatable bonds is 1. The summed E-state index contributed by atoms with van der Waals surface area (Å²) in [7, 11) is 0. The van der Waals surface area contributed by atoms with Crippen LogP contribution in [0.4, 0.5) is 11.5 Å². The molecule has 1 aliphatic rings. The molecule has 0 fully saturated rings. The molecular formula is C18H21N5O2. The molecule has 0 radical (unpaired) electrons. The maximum absolute atomic E-state index is 11.7. The smallest absolute Gasteiger partial charge is 0.265 e. The summed E-state index contributed by atoms with van der Waals surface area (Å²) in [5, 5.41) is 2.82. The molecule has 0 spiro atoms. The van der Waals surface area contributed by atoms with E-state index in [1.807, 2.05) is 35.0 Å². The number of nitrogen functional groups attached to an aromatic ring is 1. The van der Waals surface area contributed by atoms with E-state index in [1.54, 1.807) is 13.1 Å². The van der Waals surface area contributed by atoms with E-state index in [1.165, 1.54) is 6.42 Å². The maximum atomic E-state index is 11.7. The van der Waals surface area contributed by atoms with Crippen molar-refractivity contribution in [2.45, 2.75) is 33.3 Å². The van der Waals surface area contributed by atoms with E-state index in [-0.39, 0.29) is 5.91 Å². The molecule has 4 rings (SSSR count). The van der Waals surface area contributed by atoms with Gasteiger partial charge in [-0.1, -0.05) is 20.3 Å². The van der Waals surface area contributed by atoms with Crippen LogP contribution in [0, 0.1) is 0 Å². The van der Waals surface area contributed by atoms with Crippen LogP contribution in [0.3, 0.4) is 0 Å². The SMILES string of the molecule is CC1Oc2ccc(-c3cn4ccnc4c(N)n3)cc2NC1=O.CCC. The van der Waals surface area contributed by atoms with Gasteiger partial charge in [0.1, 0.15) is 5.75 Å². The van der Waals surface area contributed by atoms with Crippen molar-refractivity contribution < 1.29 is 9.53 Å². The number of benzene rings is 1. The highest BCUT2D eigenvalue weighted by Crippen LogP contribution is 2.33. The van der Waals surface area contributed by atoms with Gasteiger partial charge in [0.2, 0.25) is 0 Å². The van der Waals surface area contributed by atoms with Crippen LogP contribution in [-0.4, -0.2) is 26.4 Å². The summed E-state index contributed by atoms with van der Waals surface area (Å²) < 4.78 is 7.36. The predicted molar refractivity (Wildman–Crippen MR) is 97.5 cm³/mol. The van der Waals surface area contributed by atoms with Gasteiger partial charge in [-0.05, 0) is 25.1 Å². The van der Waals surface area contributed by atoms with E-state index in [0.29, 0.717) is 28.6 Å². The van der Waals surface area contributed by atoms with E-state index in [4.69, 9.17) is 10.5 Å². The zero-order valence-corrected chi connectivity index (χ0v) is 14.5. The fourth-order valence-corrected chi connectivity index (χ4v) is 2.46. The first-order valence-electron chi connectivity index (χ1n) is 8.24. The monoisotopic (exact) mass is 339 g/mol. The molecule has 1 unspecified atom stereocenters. The molecule has 0 saturated heterocycles. The van der Waals surface area contributed by atoms with E-state index in [2.05, 4.69) is 29.1 Å². The Labute approximate surface area is 145 Å². The minimum Gasteiger partial charge on any atom is -0.479 e. The Hall–Kier alpha value is -3.09. The third-order valence-electron chi connectivity index (χ3n) is 3.61. The highest BCUT2D eigenvalue weighted by molar-refractivity contribution is 5.98. The third kappa shape index (κ3) is 3.26. The third-order valence-corrected chi connectivity index (χ3v) is 3.61. The number of carbonyl (C=O) groups is 1. The van der Waals surface area contributed by atoms with Crippen LogP contribution in [0.25, 0.3) is 16.9 Å². The Bertz CT molecular complexity index is 919. The normalized spacial score (nSPS) is 15.6. The Balaban J connectivity index is 0.000000569. The topological polar surface area (TPSA) is 94.5 Å². The number of fused-ring (bicyclic) bond motifs is 2. The Kier molecular flexibility index (Phi) is 4.56. The van der Waals surface area contributed by atoms with Gasteiger partial charge in [-0.15, -0.1) is 0 Å². The van der Waals surface area contributed by atoms with Crippen molar-refractivity contribution in [3.05, 3.63) is 36.8 Å². The number of hydrogen-bond acceptors (Lipinski definition) is 5. The van der Waals surface area contributed by atoms with Crippen LogP contribution < -0.4 is 15.8 Å². The maximum Gasteiger partial charge on any atom is 0.265 e. The van der Waals surface area contributed by atoms with Crippen LogP contribution in [0.2, 0.25) is 0 Å². The number of hydrogen-bond donors (Lipinski definition) is 2. The number of carbonyl (C=O) groups excluding carboxylic acids is 1. The van der Waals surface area contributed by atoms with E-state index in [0.717, 1.165) is 5.56 Å². The average Bonchev–Trinajstić information content (AvgIpc) is 3.05. The van der Waals surface area contributed by atoms with Crippen LogP contribution in [0.1, 0.15) is 27.2 Å². The summed E-state index contributed by atoms with van der Waals surface area (Å²) in [5.74, 6) is 0.837. The van der Waals surface area contributed by atoms with Crippen molar-refractivity contribution in [3.8, 4) is 17.0 Å². The molecule has 3 N–H and O–H groups in total. The number of imidazole rings is 1. The molecule has 7 nitrogen and oxygen atoms in total. The second-order valence-electron chi connectivity index (χ2n) is 5.84. The van der Waals surface area contributed by atoms with Crippen molar-refractivity contribution in [2.24, 2.45) is 0 Å². The number of nitrogens with two attached hydrogens (primary N) is 1. The van der Waals surface area contributed by atoms with Crippen LogP contribution in [0.5, 0.6) is 5.75 Å². The second kappa shape index (κ2) is 6.80. The van der Waals surface area contributed by atoms with Gasteiger partial charge in [-0.25, -0.2) is 9.97 Å². The lowest BCUT2D eigenvalue weighted by Gasteiger charge is -2.23. The van der Waals surface area contributed by atoms with Crippen molar-refractivity contribution in [1.29, 1.82) is 0 Å². The summed E-state index contributed by atoms with van der Waals surface area (Å²) in [4.78, 5) is 20.2. The second-order valence-corrected chi connectivity index (χ2v) is 5.84. The quantitative estimate of drug-likeness (QED) is 0.710. The molecular weight excluding hydrogens is 318 g/mol. The summed E-state index contributed by atoms with van der Waals surface area (Å²) >= 11 is 0. The van der Waals surface area contributed by atoms with Crippen LogP contribution >= 0.6 is 0 Å². The first-order chi connectivity index (χ1) is 12.0. The molecule has 1 aliphatic heterocycles. The molecule has 0 bridgehead atoms. The van der Waals surface area contributed by atoms with Gasteiger partial charge in [-0.3, -0.25) is 4.79 Å². The largest absolute Gasteiger partial charge is 0.479 e. The van der Waals surface area contributed by atoms with Crippen molar-refractivity contribution in [2.75, 3.05) is 11.1 Å². The molecule has 1 amide bonds. The van der Waals surface area contributed by atoms with Gasteiger partial charge in [0.15, 0.2) is 17.6 Å². The first-order valence-corrected chi connectivity index (χ1v) is 8.24. The molecule has 0 saturated carbocycles. The van der Waals surface area contributed by atoms with Gasteiger partial charge < -0.3 is 20.2 Å². The van der Waals surface area contributed by atoms with Crippen molar-refractivity contribution >= 4 is 23.1 Å². The number of amides is 1. The molecule has 25 heavy (non-hydrogen) atoms. The molecule has 3 aromatic rings. The zero-order chi connectivity index (χ0) is 18.0. The lowest BCUT2D eigenvalue weighted by atomic mass is 10.1. The summed E-state index contributed by atoms with van der Waals surface area (Å²) in [6, 6.07) is 5.52. The molecule has 130 valence electrons. The Morgan fingerprint density at radius 3 is 2.88 bits per heavy atom. The summed E-state index contributed by atoms with van der Waals surface area (Å²) in [6.07, 6.45) is 6.07.